The van der Waals surface area contributed by atoms with E-state index in [1.54, 1.807) is 17.0 Å². The number of carbonyl (C=O) groups is 1. The molecule has 0 saturated carbocycles. The molecule has 1 aromatic heterocycles. The van der Waals surface area contributed by atoms with Crippen molar-refractivity contribution in [2.45, 2.75) is 6.54 Å². The highest BCUT2D eigenvalue weighted by molar-refractivity contribution is 5.94. The number of nitro benzene ring substituents is 1. The molecule has 8 heteroatoms. The number of hydrogen-bond acceptors (Lipinski definition) is 5. The predicted molar refractivity (Wildman–Crippen MR) is 105 cm³/mol. The van der Waals surface area contributed by atoms with Crippen LogP contribution < -0.4 is 0 Å². The Hall–Kier alpha value is -3.26. The summed E-state index contributed by atoms with van der Waals surface area (Å²) in [6.07, 6.45) is 0. The quantitative estimate of drug-likeness (QED) is 0.513. The van der Waals surface area contributed by atoms with Crippen LogP contribution in [0.1, 0.15) is 16.2 Å². The standard InChI is InChI=1S/C20H21N5O3/c1-22-18-8-3-2-7-17(18)21-19(22)14-23-9-11-24(12-10-23)20(26)15-5-4-6-16(13-15)25(27)28/h2-8,13H,9-12,14H2,1H3. The van der Waals surface area contributed by atoms with E-state index in [1.165, 1.54) is 12.1 Å². The summed E-state index contributed by atoms with van der Waals surface area (Å²) >= 11 is 0. The van der Waals surface area contributed by atoms with Gasteiger partial charge in [0, 0.05) is 50.9 Å². The number of non-ortho nitro benzene ring substituents is 1. The first-order chi connectivity index (χ1) is 13.5. The van der Waals surface area contributed by atoms with Crippen LogP contribution >= 0.6 is 0 Å². The van der Waals surface area contributed by atoms with Crippen molar-refractivity contribution in [3.8, 4) is 0 Å². The molecule has 1 aliphatic heterocycles. The number of nitro groups is 1. The fraction of sp³-hybridized carbons (Fsp3) is 0.300. The van der Waals surface area contributed by atoms with Crippen LogP contribution in [0.15, 0.2) is 48.5 Å². The number of nitrogens with zero attached hydrogens (tertiary/aromatic N) is 5. The fourth-order valence-electron chi connectivity index (χ4n) is 3.58. The predicted octanol–water partition coefficient (Wildman–Crippen LogP) is 2.44. The van der Waals surface area contributed by atoms with Gasteiger partial charge in [0.05, 0.1) is 22.5 Å². The number of para-hydroxylation sites is 2. The molecule has 1 saturated heterocycles. The first-order valence-corrected chi connectivity index (χ1v) is 9.19. The van der Waals surface area contributed by atoms with Gasteiger partial charge in [-0.1, -0.05) is 18.2 Å². The number of aryl methyl sites for hydroxylation is 1. The van der Waals surface area contributed by atoms with Gasteiger partial charge in [-0.05, 0) is 18.2 Å². The smallest absolute Gasteiger partial charge is 0.270 e. The monoisotopic (exact) mass is 379 g/mol. The number of benzene rings is 2. The Morgan fingerprint density at radius 2 is 1.86 bits per heavy atom. The second kappa shape index (κ2) is 7.40. The molecule has 1 amide bonds. The maximum atomic E-state index is 12.7. The van der Waals surface area contributed by atoms with E-state index in [-0.39, 0.29) is 11.6 Å². The van der Waals surface area contributed by atoms with Gasteiger partial charge in [-0.25, -0.2) is 4.98 Å². The van der Waals surface area contributed by atoms with E-state index >= 15 is 0 Å². The molecule has 0 N–H and O–H groups in total. The van der Waals surface area contributed by atoms with E-state index in [0.29, 0.717) is 18.7 Å². The lowest BCUT2D eigenvalue weighted by atomic mass is 10.1. The van der Waals surface area contributed by atoms with Crippen molar-refractivity contribution in [1.82, 2.24) is 19.4 Å². The van der Waals surface area contributed by atoms with Crippen molar-refractivity contribution in [3.63, 3.8) is 0 Å². The highest BCUT2D eigenvalue weighted by Crippen LogP contribution is 2.18. The Kier molecular flexibility index (Phi) is 4.79. The van der Waals surface area contributed by atoms with Gasteiger partial charge in [0.25, 0.3) is 11.6 Å². The molecule has 3 aromatic rings. The molecule has 144 valence electrons. The van der Waals surface area contributed by atoms with Gasteiger partial charge < -0.3 is 9.47 Å². The Bertz CT molecular complexity index is 1040. The molecule has 8 nitrogen and oxygen atoms in total. The molecular weight excluding hydrogens is 358 g/mol. The minimum atomic E-state index is -0.481. The van der Waals surface area contributed by atoms with Crippen LogP contribution in [0.2, 0.25) is 0 Å². The van der Waals surface area contributed by atoms with Crippen LogP contribution in [0.5, 0.6) is 0 Å². The molecule has 0 unspecified atom stereocenters. The summed E-state index contributed by atoms with van der Waals surface area (Å²) in [5, 5.41) is 10.9. The summed E-state index contributed by atoms with van der Waals surface area (Å²) in [4.78, 5) is 31.9. The SMILES string of the molecule is Cn1c(CN2CCN(C(=O)c3cccc([N+](=O)[O-])c3)CC2)nc2ccccc21. The highest BCUT2D eigenvalue weighted by atomic mass is 16.6. The van der Waals surface area contributed by atoms with Crippen molar-refractivity contribution in [3.05, 3.63) is 70.0 Å². The average molecular weight is 379 g/mol. The molecule has 0 radical (unpaired) electrons. The molecule has 0 bridgehead atoms. The van der Waals surface area contributed by atoms with Crippen LogP contribution in [0.25, 0.3) is 11.0 Å². The third kappa shape index (κ3) is 3.46. The van der Waals surface area contributed by atoms with E-state index in [1.807, 2.05) is 25.2 Å². The number of piperazine rings is 1. The number of rotatable bonds is 4. The lowest BCUT2D eigenvalue weighted by Gasteiger charge is -2.34. The summed E-state index contributed by atoms with van der Waals surface area (Å²) in [6, 6.07) is 14.0. The van der Waals surface area contributed by atoms with Gasteiger partial charge in [-0.15, -0.1) is 0 Å². The summed E-state index contributed by atoms with van der Waals surface area (Å²) < 4.78 is 2.11. The van der Waals surface area contributed by atoms with Crippen LogP contribution in [0.4, 0.5) is 5.69 Å². The Morgan fingerprint density at radius 1 is 1.11 bits per heavy atom. The van der Waals surface area contributed by atoms with Gasteiger partial charge in [-0.3, -0.25) is 19.8 Å². The lowest BCUT2D eigenvalue weighted by molar-refractivity contribution is -0.384. The van der Waals surface area contributed by atoms with E-state index in [2.05, 4.69) is 15.5 Å². The van der Waals surface area contributed by atoms with Crippen molar-refractivity contribution in [1.29, 1.82) is 0 Å². The van der Waals surface area contributed by atoms with Crippen molar-refractivity contribution in [2.75, 3.05) is 26.2 Å². The maximum absolute atomic E-state index is 12.7. The minimum absolute atomic E-state index is 0.0636. The van der Waals surface area contributed by atoms with Crippen LogP contribution in [-0.4, -0.2) is 56.4 Å². The van der Waals surface area contributed by atoms with Gasteiger partial charge in [0.15, 0.2) is 0 Å². The van der Waals surface area contributed by atoms with Crippen LogP contribution in [0.3, 0.4) is 0 Å². The van der Waals surface area contributed by atoms with Crippen molar-refractivity contribution in [2.24, 2.45) is 7.05 Å². The molecule has 4 rings (SSSR count). The molecular formula is C20H21N5O3. The van der Waals surface area contributed by atoms with E-state index in [0.717, 1.165) is 36.5 Å². The number of aromatic nitrogens is 2. The minimum Gasteiger partial charge on any atom is -0.336 e. The second-order valence-corrected chi connectivity index (χ2v) is 6.95. The van der Waals surface area contributed by atoms with E-state index < -0.39 is 4.92 Å². The zero-order chi connectivity index (χ0) is 19.7. The largest absolute Gasteiger partial charge is 0.336 e. The van der Waals surface area contributed by atoms with Gasteiger partial charge in [-0.2, -0.15) is 0 Å². The highest BCUT2D eigenvalue weighted by Gasteiger charge is 2.24. The third-order valence-corrected chi connectivity index (χ3v) is 5.21. The third-order valence-electron chi connectivity index (χ3n) is 5.21. The number of amides is 1. The van der Waals surface area contributed by atoms with Gasteiger partial charge in [0.2, 0.25) is 0 Å². The van der Waals surface area contributed by atoms with Crippen molar-refractivity contribution >= 4 is 22.6 Å². The second-order valence-electron chi connectivity index (χ2n) is 6.95. The first-order valence-electron chi connectivity index (χ1n) is 9.19. The zero-order valence-electron chi connectivity index (χ0n) is 15.6. The molecule has 28 heavy (non-hydrogen) atoms. The lowest BCUT2D eigenvalue weighted by Crippen LogP contribution is -2.48. The first kappa shape index (κ1) is 18.1. The molecule has 1 fully saturated rings. The van der Waals surface area contributed by atoms with E-state index in [4.69, 9.17) is 4.98 Å². The maximum Gasteiger partial charge on any atom is 0.270 e. The Labute approximate surface area is 162 Å². The van der Waals surface area contributed by atoms with Crippen LogP contribution in [-0.2, 0) is 13.6 Å². The summed E-state index contributed by atoms with van der Waals surface area (Å²) in [5.41, 5.74) is 2.39. The normalized spacial score (nSPS) is 15.1. The summed E-state index contributed by atoms with van der Waals surface area (Å²) in [5.74, 6) is 0.839. The number of imidazole rings is 1. The number of hydrogen-bond donors (Lipinski definition) is 0. The summed E-state index contributed by atoms with van der Waals surface area (Å²) in [7, 11) is 2.02. The Balaban J connectivity index is 1.40. The molecule has 2 aromatic carbocycles. The van der Waals surface area contributed by atoms with Crippen molar-refractivity contribution < 1.29 is 9.72 Å². The molecule has 0 aliphatic carbocycles. The van der Waals surface area contributed by atoms with Gasteiger partial charge in [0.1, 0.15) is 5.82 Å². The summed E-state index contributed by atoms with van der Waals surface area (Å²) in [6.45, 7) is 3.38. The Morgan fingerprint density at radius 3 is 2.57 bits per heavy atom. The molecule has 2 heterocycles. The topological polar surface area (TPSA) is 84.5 Å². The zero-order valence-corrected chi connectivity index (χ0v) is 15.6. The fourth-order valence-corrected chi connectivity index (χ4v) is 3.58. The molecule has 0 spiro atoms. The van der Waals surface area contributed by atoms with Gasteiger partial charge >= 0.3 is 0 Å². The number of carbonyl (C=O) groups excluding carboxylic acids is 1. The molecule has 1 aliphatic rings. The average Bonchev–Trinajstić information content (AvgIpc) is 3.04. The van der Waals surface area contributed by atoms with E-state index in [9.17, 15) is 14.9 Å². The number of fused-ring (bicyclic) bond motifs is 1. The van der Waals surface area contributed by atoms with Crippen LogP contribution in [0, 0.1) is 10.1 Å². The molecule has 0 atom stereocenters.